The van der Waals surface area contributed by atoms with E-state index in [1.807, 2.05) is 30.3 Å². The van der Waals surface area contributed by atoms with Crippen LogP contribution in [0.15, 0.2) is 54.7 Å². The maximum atomic E-state index is 13.3. The zero-order chi connectivity index (χ0) is 14.8. The van der Waals surface area contributed by atoms with Gasteiger partial charge in [-0.2, -0.15) is 0 Å². The molecule has 0 aliphatic rings. The van der Waals surface area contributed by atoms with Crippen molar-refractivity contribution in [3.05, 3.63) is 66.1 Å². The molecule has 0 amide bonds. The van der Waals surface area contributed by atoms with Gasteiger partial charge < -0.3 is 9.84 Å². The molecule has 0 saturated carbocycles. The number of aromatic nitrogens is 1. The van der Waals surface area contributed by atoms with E-state index in [2.05, 4.69) is 4.98 Å². The highest BCUT2D eigenvalue weighted by Crippen LogP contribution is 2.33. The number of hydrogen-bond donors (Lipinski definition) is 1. The number of halogens is 1. The molecule has 1 aromatic heterocycles. The van der Waals surface area contributed by atoms with E-state index in [0.717, 1.165) is 10.9 Å². The molecule has 0 spiro atoms. The molecule has 1 atom stereocenters. The van der Waals surface area contributed by atoms with E-state index < -0.39 is 11.9 Å². The molecule has 1 N–H and O–H groups in total. The lowest BCUT2D eigenvalue weighted by atomic mass is 10.1. The van der Waals surface area contributed by atoms with Crippen LogP contribution in [0, 0.1) is 5.82 Å². The van der Waals surface area contributed by atoms with Crippen LogP contribution in [0.1, 0.15) is 18.6 Å². The molecular formula is C17H14FNO2. The van der Waals surface area contributed by atoms with Crippen molar-refractivity contribution in [2.24, 2.45) is 0 Å². The fourth-order valence-corrected chi connectivity index (χ4v) is 2.22. The van der Waals surface area contributed by atoms with Gasteiger partial charge in [0.05, 0.1) is 11.6 Å². The molecule has 0 unspecified atom stereocenters. The van der Waals surface area contributed by atoms with Crippen LogP contribution in [-0.4, -0.2) is 10.1 Å². The predicted molar refractivity (Wildman–Crippen MR) is 78.9 cm³/mol. The maximum absolute atomic E-state index is 13.3. The van der Waals surface area contributed by atoms with Gasteiger partial charge in [0.2, 0.25) is 0 Å². The van der Waals surface area contributed by atoms with Crippen LogP contribution >= 0.6 is 0 Å². The fourth-order valence-electron chi connectivity index (χ4n) is 2.22. The molecule has 2 aromatic carbocycles. The Kier molecular flexibility index (Phi) is 3.54. The normalized spacial score (nSPS) is 12.3. The van der Waals surface area contributed by atoms with Crippen LogP contribution in [0.25, 0.3) is 10.9 Å². The molecule has 3 aromatic rings. The highest BCUT2D eigenvalue weighted by molar-refractivity contribution is 5.85. The standard InChI is InChI=1S/C17H14FNO2/c1-11(20)14-10-12(18)7-8-17(14)21-16-6-2-5-15-13(16)4-3-9-19-15/h2-11,20H,1H3/t11-/m0/s1. The third kappa shape index (κ3) is 2.71. The van der Waals surface area contributed by atoms with Gasteiger partial charge in [-0.05, 0) is 49.4 Å². The third-order valence-electron chi connectivity index (χ3n) is 3.25. The summed E-state index contributed by atoms with van der Waals surface area (Å²) in [4.78, 5) is 4.27. The van der Waals surface area contributed by atoms with Crippen molar-refractivity contribution in [2.45, 2.75) is 13.0 Å². The largest absolute Gasteiger partial charge is 0.456 e. The van der Waals surface area contributed by atoms with Gasteiger partial charge in [0.15, 0.2) is 0 Å². The minimum Gasteiger partial charge on any atom is -0.456 e. The predicted octanol–water partition coefficient (Wildman–Crippen LogP) is 4.22. The van der Waals surface area contributed by atoms with E-state index in [1.54, 1.807) is 13.1 Å². The van der Waals surface area contributed by atoms with Crippen LogP contribution in [0.4, 0.5) is 4.39 Å². The molecule has 0 radical (unpaired) electrons. The minimum absolute atomic E-state index is 0.405. The fraction of sp³-hybridized carbons (Fsp3) is 0.118. The second-order valence-corrected chi connectivity index (χ2v) is 4.79. The monoisotopic (exact) mass is 283 g/mol. The number of benzene rings is 2. The average Bonchev–Trinajstić information content (AvgIpc) is 2.49. The number of hydrogen-bond acceptors (Lipinski definition) is 3. The van der Waals surface area contributed by atoms with Gasteiger partial charge in [0, 0.05) is 17.1 Å². The molecule has 106 valence electrons. The smallest absolute Gasteiger partial charge is 0.136 e. The van der Waals surface area contributed by atoms with Crippen molar-refractivity contribution in [3.63, 3.8) is 0 Å². The first-order valence-corrected chi connectivity index (χ1v) is 6.64. The number of ether oxygens (including phenoxy) is 1. The molecular weight excluding hydrogens is 269 g/mol. The molecule has 4 heteroatoms. The van der Waals surface area contributed by atoms with E-state index in [-0.39, 0.29) is 0 Å². The molecule has 3 rings (SSSR count). The van der Waals surface area contributed by atoms with Crippen LogP contribution in [0.3, 0.4) is 0 Å². The maximum Gasteiger partial charge on any atom is 0.136 e. The number of fused-ring (bicyclic) bond motifs is 1. The van der Waals surface area contributed by atoms with Crippen molar-refractivity contribution in [1.29, 1.82) is 0 Å². The first-order chi connectivity index (χ1) is 10.1. The summed E-state index contributed by atoms with van der Waals surface area (Å²) in [7, 11) is 0. The minimum atomic E-state index is -0.816. The molecule has 21 heavy (non-hydrogen) atoms. The second kappa shape index (κ2) is 5.50. The third-order valence-corrected chi connectivity index (χ3v) is 3.25. The summed E-state index contributed by atoms with van der Waals surface area (Å²) < 4.78 is 19.2. The molecule has 0 bridgehead atoms. The Hall–Kier alpha value is -2.46. The van der Waals surface area contributed by atoms with Gasteiger partial charge in [0.25, 0.3) is 0 Å². The summed E-state index contributed by atoms with van der Waals surface area (Å²) in [6.45, 7) is 1.58. The number of aliphatic hydroxyl groups excluding tert-OH is 1. The molecule has 0 aliphatic heterocycles. The SMILES string of the molecule is C[C@H](O)c1cc(F)ccc1Oc1cccc2ncccc12. The van der Waals surface area contributed by atoms with Crippen molar-refractivity contribution >= 4 is 10.9 Å². The summed E-state index contributed by atoms with van der Waals surface area (Å²) in [6.07, 6.45) is 0.898. The summed E-state index contributed by atoms with van der Waals surface area (Å²) >= 11 is 0. The second-order valence-electron chi connectivity index (χ2n) is 4.79. The van der Waals surface area contributed by atoms with E-state index in [0.29, 0.717) is 17.1 Å². The molecule has 1 heterocycles. The highest BCUT2D eigenvalue weighted by atomic mass is 19.1. The lowest BCUT2D eigenvalue weighted by molar-refractivity contribution is 0.195. The van der Waals surface area contributed by atoms with Crippen LogP contribution in [0.5, 0.6) is 11.5 Å². The van der Waals surface area contributed by atoms with Gasteiger partial charge in [-0.1, -0.05) is 6.07 Å². The quantitative estimate of drug-likeness (QED) is 0.782. The van der Waals surface area contributed by atoms with Gasteiger partial charge in [-0.3, -0.25) is 4.98 Å². The van der Waals surface area contributed by atoms with Gasteiger partial charge >= 0.3 is 0 Å². The number of nitrogens with zero attached hydrogens (tertiary/aromatic N) is 1. The Morgan fingerprint density at radius 1 is 1.10 bits per heavy atom. The summed E-state index contributed by atoms with van der Waals surface area (Å²) in [5, 5.41) is 10.6. The lowest BCUT2D eigenvalue weighted by Crippen LogP contribution is -1.97. The zero-order valence-corrected chi connectivity index (χ0v) is 11.5. The Balaban J connectivity index is 2.07. The van der Waals surface area contributed by atoms with Crippen molar-refractivity contribution < 1.29 is 14.2 Å². The number of pyridine rings is 1. The van der Waals surface area contributed by atoms with Crippen molar-refractivity contribution in [2.75, 3.05) is 0 Å². The zero-order valence-electron chi connectivity index (χ0n) is 11.5. The molecule has 0 saturated heterocycles. The first kappa shape index (κ1) is 13.5. The highest BCUT2D eigenvalue weighted by Gasteiger charge is 2.12. The summed E-state index contributed by atoms with van der Waals surface area (Å²) in [5.41, 5.74) is 1.23. The molecule has 0 aliphatic carbocycles. The first-order valence-electron chi connectivity index (χ1n) is 6.64. The van der Waals surface area contributed by atoms with Crippen LogP contribution in [-0.2, 0) is 0 Å². The summed E-state index contributed by atoms with van der Waals surface area (Å²) in [6, 6.07) is 13.4. The van der Waals surface area contributed by atoms with Crippen molar-refractivity contribution in [1.82, 2.24) is 4.98 Å². The van der Waals surface area contributed by atoms with Crippen LogP contribution < -0.4 is 4.74 Å². The van der Waals surface area contributed by atoms with E-state index in [4.69, 9.17) is 4.74 Å². The lowest BCUT2D eigenvalue weighted by Gasteiger charge is -2.14. The van der Waals surface area contributed by atoms with E-state index in [1.165, 1.54) is 18.2 Å². The average molecular weight is 283 g/mol. The summed E-state index contributed by atoms with van der Waals surface area (Å²) in [5.74, 6) is 0.648. The van der Waals surface area contributed by atoms with E-state index >= 15 is 0 Å². The Bertz CT molecular complexity index is 781. The van der Waals surface area contributed by atoms with E-state index in [9.17, 15) is 9.50 Å². The van der Waals surface area contributed by atoms with Crippen LogP contribution in [0.2, 0.25) is 0 Å². The topological polar surface area (TPSA) is 42.4 Å². The number of rotatable bonds is 3. The Morgan fingerprint density at radius 3 is 2.76 bits per heavy atom. The Morgan fingerprint density at radius 2 is 1.95 bits per heavy atom. The van der Waals surface area contributed by atoms with Gasteiger partial charge in [0.1, 0.15) is 17.3 Å². The molecule has 3 nitrogen and oxygen atoms in total. The van der Waals surface area contributed by atoms with Gasteiger partial charge in [-0.15, -0.1) is 0 Å². The van der Waals surface area contributed by atoms with Crippen molar-refractivity contribution in [3.8, 4) is 11.5 Å². The molecule has 0 fully saturated rings. The van der Waals surface area contributed by atoms with Gasteiger partial charge in [-0.25, -0.2) is 4.39 Å². The Labute approximate surface area is 121 Å². The number of aliphatic hydroxyl groups is 1.